The molecule has 1 aromatic heterocycles. The average Bonchev–Trinajstić information content (AvgIpc) is 3.13. The number of primary amides is 1. The Balaban J connectivity index is 2.09. The Kier molecular flexibility index (Phi) is 5.74. The molecule has 8 nitrogen and oxygen atoms in total. The Labute approximate surface area is 165 Å². The maximum atomic E-state index is 12.6. The van der Waals surface area contributed by atoms with E-state index in [2.05, 4.69) is 9.97 Å². The zero-order chi connectivity index (χ0) is 20.3. The van der Waals surface area contributed by atoms with Gasteiger partial charge in [0, 0.05) is 0 Å². The van der Waals surface area contributed by atoms with Gasteiger partial charge in [0.05, 0.1) is 38.0 Å². The summed E-state index contributed by atoms with van der Waals surface area (Å²) >= 11 is 1.13. The summed E-state index contributed by atoms with van der Waals surface area (Å²) in [6, 6.07) is 10.3. The van der Waals surface area contributed by atoms with Crippen molar-refractivity contribution in [2.75, 3.05) is 21.3 Å². The lowest BCUT2D eigenvalue weighted by atomic mass is 10.1. The van der Waals surface area contributed by atoms with E-state index >= 15 is 0 Å². The quantitative estimate of drug-likeness (QED) is 0.462. The molecular weight excluding hydrogens is 382 g/mol. The molecular formula is C19H19N3O5S. The van der Waals surface area contributed by atoms with Crippen LogP contribution >= 0.6 is 11.8 Å². The third-order valence-electron chi connectivity index (χ3n) is 4.13. The van der Waals surface area contributed by atoms with Crippen LogP contribution in [0.4, 0.5) is 0 Å². The van der Waals surface area contributed by atoms with Crippen molar-refractivity contribution in [3.63, 3.8) is 0 Å². The van der Waals surface area contributed by atoms with Crippen molar-refractivity contribution >= 4 is 34.7 Å². The predicted octanol–water partition coefficient (Wildman–Crippen LogP) is 2.69. The highest BCUT2D eigenvalue weighted by atomic mass is 32.2. The van der Waals surface area contributed by atoms with E-state index in [0.717, 1.165) is 11.8 Å². The number of esters is 1. The highest BCUT2D eigenvalue weighted by Gasteiger charge is 2.31. The van der Waals surface area contributed by atoms with E-state index < -0.39 is 17.1 Å². The molecule has 3 aromatic rings. The van der Waals surface area contributed by atoms with Crippen LogP contribution in [-0.2, 0) is 9.53 Å². The van der Waals surface area contributed by atoms with E-state index in [-0.39, 0.29) is 0 Å². The Morgan fingerprint density at radius 3 is 2.29 bits per heavy atom. The van der Waals surface area contributed by atoms with Gasteiger partial charge in [-0.1, -0.05) is 23.9 Å². The maximum Gasteiger partial charge on any atom is 0.324 e. The smallest absolute Gasteiger partial charge is 0.324 e. The van der Waals surface area contributed by atoms with Gasteiger partial charge in [-0.3, -0.25) is 9.59 Å². The molecule has 3 rings (SSSR count). The molecule has 0 saturated heterocycles. The fourth-order valence-corrected chi connectivity index (χ4v) is 3.92. The molecule has 1 unspecified atom stereocenters. The normalized spacial score (nSPS) is 11.8. The number of imidazole rings is 1. The molecule has 0 aliphatic rings. The van der Waals surface area contributed by atoms with Gasteiger partial charge in [-0.2, -0.15) is 0 Å². The van der Waals surface area contributed by atoms with E-state index in [1.807, 2.05) is 0 Å². The molecule has 28 heavy (non-hydrogen) atoms. The number of benzene rings is 2. The molecule has 1 heterocycles. The summed E-state index contributed by atoms with van der Waals surface area (Å²) in [5.41, 5.74) is 7.32. The topological polar surface area (TPSA) is 117 Å². The van der Waals surface area contributed by atoms with Gasteiger partial charge >= 0.3 is 5.97 Å². The summed E-state index contributed by atoms with van der Waals surface area (Å²) < 4.78 is 15.8. The van der Waals surface area contributed by atoms with E-state index in [0.29, 0.717) is 38.8 Å². The summed E-state index contributed by atoms with van der Waals surface area (Å²) in [4.78, 5) is 31.8. The molecule has 0 radical (unpaired) electrons. The Morgan fingerprint density at radius 1 is 1.07 bits per heavy atom. The standard InChI is InChI=1S/C19H19N3O5S/c1-25-12-8-5-9-13(26-2)14(12)16(18(24)27-3)28-19-21-11-7-4-6-10(17(20)23)15(11)22-19/h4-9,16H,1-3H3,(H2,20,23)(H,21,22). The number of fused-ring (bicyclic) bond motifs is 1. The van der Waals surface area contributed by atoms with Crippen LogP contribution in [0.2, 0.25) is 0 Å². The molecule has 0 fully saturated rings. The van der Waals surface area contributed by atoms with Crippen molar-refractivity contribution in [1.82, 2.24) is 9.97 Å². The second-order valence-corrected chi connectivity index (χ2v) is 6.80. The number of thioether (sulfide) groups is 1. The third kappa shape index (κ3) is 3.61. The number of ether oxygens (including phenoxy) is 3. The molecule has 2 aromatic carbocycles. The number of H-pyrrole nitrogens is 1. The monoisotopic (exact) mass is 401 g/mol. The molecule has 0 aliphatic heterocycles. The molecule has 0 spiro atoms. The minimum Gasteiger partial charge on any atom is -0.496 e. The van der Waals surface area contributed by atoms with Gasteiger partial charge in [0.2, 0.25) is 0 Å². The van der Waals surface area contributed by atoms with Crippen LogP contribution in [-0.4, -0.2) is 43.2 Å². The molecule has 1 amide bonds. The van der Waals surface area contributed by atoms with Crippen molar-refractivity contribution in [2.45, 2.75) is 10.4 Å². The van der Waals surface area contributed by atoms with Crippen molar-refractivity contribution in [2.24, 2.45) is 5.73 Å². The van der Waals surface area contributed by atoms with Gasteiger partial charge in [0.1, 0.15) is 22.3 Å². The number of nitrogens with zero attached hydrogens (tertiary/aromatic N) is 1. The fourth-order valence-electron chi connectivity index (χ4n) is 2.85. The molecule has 0 saturated carbocycles. The lowest BCUT2D eigenvalue weighted by Crippen LogP contribution is -2.13. The summed E-state index contributed by atoms with van der Waals surface area (Å²) in [6.07, 6.45) is 0. The number of carbonyl (C=O) groups is 2. The van der Waals surface area contributed by atoms with Crippen LogP contribution in [0.25, 0.3) is 11.0 Å². The second kappa shape index (κ2) is 8.22. The van der Waals surface area contributed by atoms with Crippen molar-refractivity contribution in [1.29, 1.82) is 0 Å². The zero-order valence-electron chi connectivity index (χ0n) is 15.5. The first kappa shape index (κ1) is 19.6. The molecule has 0 bridgehead atoms. The summed E-state index contributed by atoms with van der Waals surface area (Å²) in [5.74, 6) is -0.111. The second-order valence-electron chi connectivity index (χ2n) is 5.71. The number of nitrogens with one attached hydrogen (secondary N) is 1. The first-order valence-electron chi connectivity index (χ1n) is 8.24. The zero-order valence-corrected chi connectivity index (χ0v) is 16.3. The first-order valence-corrected chi connectivity index (χ1v) is 9.12. The van der Waals surface area contributed by atoms with Gasteiger partial charge < -0.3 is 24.9 Å². The molecule has 3 N–H and O–H groups in total. The molecule has 1 atom stereocenters. The number of aromatic nitrogens is 2. The van der Waals surface area contributed by atoms with E-state index in [1.54, 1.807) is 36.4 Å². The predicted molar refractivity (Wildman–Crippen MR) is 105 cm³/mol. The van der Waals surface area contributed by atoms with E-state index in [1.165, 1.54) is 21.3 Å². The fraction of sp³-hybridized carbons (Fsp3) is 0.211. The number of rotatable bonds is 7. The molecule has 9 heteroatoms. The average molecular weight is 401 g/mol. The minimum atomic E-state index is -0.811. The Morgan fingerprint density at radius 2 is 1.71 bits per heavy atom. The van der Waals surface area contributed by atoms with Crippen LogP contribution < -0.4 is 15.2 Å². The SMILES string of the molecule is COC(=O)C(Sc1nc2c(C(N)=O)cccc2[nH]1)c1c(OC)cccc1OC. The van der Waals surface area contributed by atoms with Gasteiger partial charge in [-0.25, -0.2) is 4.98 Å². The number of hydrogen-bond donors (Lipinski definition) is 2. The number of carbonyl (C=O) groups excluding carboxylic acids is 2. The van der Waals surface area contributed by atoms with E-state index in [9.17, 15) is 9.59 Å². The van der Waals surface area contributed by atoms with Crippen LogP contribution in [0, 0.1) is 0 Å². The van der Waals surface area contributed by atoms with Gasteiger partial charge in [-0.15, -0.1) is 0 Å². The summed E-state index contributed by atoms with van der Waals surface area (Å²) in [5, 5.41) is -0.388. The van der Waals surface area contributed by atoms with Crippen LogP contribution in [0.3, 0.4) is 0 Å². The Hall–Kier alpha value is -3.20. The highest BCUT2D eigenvalue weighted by Crippen LogP contribution is 2.44. The number of para-hydroxylation sites is 1. The molecule has 0 aliphatic carbocycles. The maximum absolute atomic E-state index is 12.6. The number of hydrogen-bond acceptors (Lipinski definition) is 7. The first-order chi connectivity index (χ1) is 13.5. The number of nitrogens with two attached hydrogens (primary N) is 1. The minimum absolute atomic E-state index is 0.296. The largest absolute Gasteiger partial charge is 0.496 e. The number of methoxy groups -OCH3 is 3. The highest BCUT2D eigenvalue weighted by molar-refractivity contribution is 8.00. The van der Waals surface area contributed by atoms with Crippen LogP contribution in [0.15, 0.2) is 41.6 Å². The van der Waals surface area contributed by atoms with Crippen molar-refractivity contribution < 1.29 is 23.8 Å². The van der Waals surface area contributed by atoms with Gasteiger partial charge in [0.15, 0.2) is 5.16 Å². The lowest BCUT2D eigenvalue weighted by Gasteiger charge is -2.19. The third-order valence-corrected chi connectivity index (χ3v) is 5.21. The summed E-state index contributed by atoms with van der Waals surface area (Å²) in [7, 11) is 4.33. The molecule has 146 valence electrons. The Bertz CT molecular complexity index is 1010. The van der Waals surface area contributed by atoms with Crippen molar-refractivity contribution in [3.8, 4) is 11.5 Å². The van der Waals surface area contributed by atoms with E-state index in [4.69, 9.17) is 19.9 Å². The van der Waals surface area contributed by atoms with Crippen LogP contribution in [0.5, 0.6) is 11.5 Å². The number of amides is 1. The van der Waals surface area contributed by atoms with Gasteiger partial charge in [0.25, 0.3) is 5.91 Å². The van der Waals surface area contributed by atoms with Crippen LogP contribution in [0.1, 0.15) is 21.2 Å². The van der Waals surface area contributed by atoms with Crippen molar-refractivity contribution in [3.05, 3.63) is 47.5 Å². The lowest BCUT2D eigenvalue weighted by molar-refractivity contribution is -0.140. The van der Waals surface area contributed by atoms with Gasteiger partial charge in [-0.05, 0) is 24.3 Å². The summed E-state index contributed by atoms with van der Waals surface area (Å²) in [6.45, 7) is 0. The number of aromatic amines is 1.